The number of nitrogens with zero attached hydrogens (tertiary/aromatic N) is 3. The Morgan fingerprint density at radius 2 is 1.94 bits per heavy atom. The smallest absolute Gasteiger partial charge is 0.264 e. The summed E-state index contributed by atoms with van der Waals surface area (Å²) in [6.07, 6.45) is 1.71. The molecule has 162 valence electrons. The van der Waals surface area contributed by atoms with Crippen molar-refractivity contribution in [3.05, 3.63) is 72.6 Å². The van der Waals surface area contributed by atoms with Gasteiger partial charge in [0.1, 0.15) is 12.4 Å². The normalized spacial score (nSPS) is 11.2. The molecular weight excluding hydrogens is 459 g/mol. The molecule has 1 amide bonds. The SMILES string of the molecule is C=CCSc1nnc(NC(=O)CN(c2ccccc2F)S(=O)(=O)c2ccc(C)cc2)s1. The molecule has 2 aromatic carbocycles. The maximum absolute atomic E-state index is 14.5. The monoisotopic (exact) mass is 478 g/mol. The number of nitrogens with one attached hydrogen (secondary N) is 1. The van der Waals surface area contributed by atoms with Crippen LogP contribution in [-0.4, -0.2) is 36.8 Å². The van der Waals surface area contributed by atoms with Gasteiger partial charge in [-0.2, -0.15) is 0 Å². The number of thioether (sulfide) groups is 1. The van der Waals surface area contributed by atoms with Crippen LogP contribution < -0.4 is 9.62 Å². The van der Waals surface area contributed by atoms with Gasteiger partial charge in [0.05, 0.1) is 10.6 Å². The average Bonchev–Trinajstić information content (AvgIpc) is 3.18. The van der Waals surface area contributed by atoms with Crippen molar-refractivity contribution < 1.29 is 17.6 Å². The number of hydrogen-bond acceptors (Lipinski definition) is 7. The third-order valence-electron chi connectivity index (χ3n) is 3.99. The van der Waals surface area contributed by atoms with Crippen LogP contribution in [0.25, 0.3) is 0 Å². The summed E-state index contributed by atoms with van der Waals surface area (Å²) in [5.41, 5.74) is 0.647. The number of aromatic nitrogens is 2. The standard InChI is InChI=1S/C20H19FN4O3S3/c1-3-12-29-20-24-23-19(30-20)22-18(26)13-25(17-7-5-4-6-16(17)21)31(27,28)15-10-8-14(2)9-11-15/h3-11H,1,12-13H2,2H3,(H,22,23,26). The maximum Gasteiger partial charge on any atom is 0.264 e. The third-order valence-corrected chi connectivity index (χ3v) is 7.74. The summed E-state index contributed by atoms with van der Waals surface area (Å²) >= 11 is 2.56. The fraction of sp³-hybridized carbons (Fsp3) is 0.150. The number of sulfonamides is 1. The molecule has 0 unspecified atom stereocenters. The highest BCUT2D eigenvalue weighted by atomic mass is 32.2. The van der Waals surface area contributed by atoms with Crippen molar-refractivity contribution in [3.63, 3.8) is 0 Å². The Morgan fingerprint density at radius 1 is 1.23 bits per heavy atom. The summed E-state index contributed by atoms with van der Waals surface area (Å²) in [4.78, 5) is 12.6. The van der Waals surface area contributed by atoms with E-state index in [-0.39, 0.29) is 15.7 Å². The van der Waals surface area contributed by atoms with Gasteiger partial charge in [0.25, 0.3) is 10.0 Å². The van der Waals surface area contributed by atoms with E-state index < -0.39 is 28.3 Å². The number of benzene rings is 2. The van der Waals surface area contributed by atoms with Crippen LogP contribution in [0.4, 0.5) is 15.2 Å². The van der Waals surface area contributed by atoms with Crippen LogP contribution in [0.5, 0.6) is 0 Å². The first-order valence-electron chi connectivity index (χ1n) is 9.02. The number of carbonyl (C=O) groups excluding carboxylic acids is 1. The van der Waals surface area contributed by atoms with E-state index in [2.05, 4.69) is 22.1 Å². The van der Waals surface area contributed by atoms with Gasteiger partial charge in [0.2, 0.25) is 11.0 Å². The van der Waals surface area contributed by atoms with Crippen LogP contribution in [-0.2, 0) is 14.8 Å². The van der Waals surface area contributed by atoms with Crippen molar-refractivity contribution in [3.8, 4) is 0 Å². The average molecular weight is 479 g/mol. The second-order valence-corrected chi connectivity index (χ2v) is 10.4. The number of rotatable bonds is 9. The topological polar surface area (TPSA) is 92.3 Å². The van der Waals surface area contributed by atoms with Gasteiger partial charge >= 0.3 is 0 Å². The van der Waals surface area contributed by atoms with E-state index in [1.54, 1.807) is 18.2 Å². The van der Waals surface area contributed by atoms with Crippen LogP contribution in [0.15, 0.2) is 70.4 Å². The van der Waals surface area contributed by atoms with Gasteiger partial charge < -0.3 is 0 Å². The van der Waals surface area contributed by atoms with Crippen LogP contribution in [0.2, 0.25) is 0 Å². The summed E-state index contributed by atoms with van der Waals surface area (Å²) in [5.74, 6) is -0.793. The Labute approximate surface area is 188 Å². The fourth-order valence-corrected chi connectivity index (χ4v) is 5.49. The molecule has 1 heterocycles. The molecule has 0 aliphatic heterocycles. The zero-order chi connectivity index (χ0) is 22.4. The van der Waals surface area contributed by atoms with Crippen LogP contribution in [0.3, 0.4) is 0 Å². The van der Waals surface area contributed by atoms with Crippen molar-refractivity contribution in [1.29, 1.82) is 0 Å². The first kappa shape index (κ1) is 22.9. The first-order valence-corrected chi connectivity index (χ1v) is 12.3. The lowest BCUT2D eigenvalue weighted by Crippen LogP contribution is -2.38. The highest BCUT2D eigenvalue weighted by molar-refractivity contribution is 8.01. The molecule has 1 N–H and O–H groups in total. The number of halogens is 1. The van der Waals surface area contributed by atoms with E-state index in [0.29, 0.717) is 10.1 Å². The molecule has 0 atom stereocenters. The minimum atomic E-state index is -4.20. The Morgan fingerprint density at radius 3 is 2.61 bits per heavy atom. The molecule has 7 nitrogen and oxygen atoms in total. The predicted molar refractivity (Wildman–Crippen MR) is 122 cm³/mol. The largest absolute Gasteiger partial charge is 0.299 e. The van der Waals surface area contributed by atoms with Gasteiger partial charge in [-0.05, 0) is 31.2 Å². The van der Waals surface area contributed by atoms with Crippen molar-refractivity contribution >= 4 is 49.8 Å². The molecule has 0 bridgehead atoms. The quantitative estimate of drug-likeness (QED) is 0.283. The molecule has 11 heteroatoms. The molecule has 0 saturated heterocycles. The Hall–Kier alpha value is -2.76. The Bertz CT molecular complexity index is 1180. The summed E-state index contributed by atoms with van der Waals surface area (Å²) in [6, 6.07) is 11.5. The van der Waals surface area contributed by atoms with Gasteiger partial charge in [-0.3, -0.25) is 14.4 Å². The van der Waals surface area contributed by atoms with E-state index >= 15 is 0 Å². The Balaban J connectivity index is 1.87. The highest BCUT2D eigenvalue weighted by Crippen LogP contribution is 2.28. The van der Waals surface area contributed by atoms with Gasteiger partial charge in [-0.25, -0.2) is 12.8 Å². The van der Waals surface area contributed by atoms with E-state index in [1.807, 2.05) is 6.92 Å². The molecular formula is C20H19FN4O3S3. The van der Waals surface area contributed by atoms with Gasteiger partial charge in [0, 0.05) is 5.75 Å². The second-order valence-electron chi connectivity index (χ2n) is 6.30. The zero-order valence-electron chi connectivity index (χ0n) is 16.5. The number of hydrogen-bond donors (Lipinski definition) is 1. The van der Waals surface area contributed by atoms with Crippen molar-refractivity contribution in [2.24, 2.45) is 0 Å². The van der Waals surface area contributed by atoms with Gasteiger partial charge in [-0.15, -0.1) is 16.8 Å². The minimum absolute atomic E-state index is 0.0480. The lowest BCUT2D eigenvalue weighted by molar-refractivity contribution is -0.114. The summed E-state index contributed by atoms with van der Waals surface area (Å²) in [5, 5.41) is 10.6. The van der Waals surface area contributed by atoms with E-state index in [9.17, 15) is 17.6 Å². The summed E-state index contributed by atoms with van der Waals surface area (Å²) in [7, 11) is -4.20. The van der Waals surface area contributed by atoms with E-state index in [0.717, 1.165) is 27.3 Å². The molecule has 0 spiro atoms. The molecule has 3 rings (SSSR count). The minimum Gasteiger partial charge on any atom is -0.299 e. The number of amides is 1. The summed E-state index contributed by atoms with van der Waals surface area (Å²) in [6.45, 7) is 4.81. The molecule has 0 fully saturated rings. The fourth-order valence-electron chi connectivity index (χ4n) is 2.53. The van der Waals surface area contributed by atoms with Gasteiger partial charge in [-0.1, -0.05) is 59.0 Å². The molecule has 1 aromatic heterocycles. The van der Waals surface area contributed by atoms with Crippen molar-refractivity contribution in [2.45, 2.75) is 16.2 Å². The molecule has 3 aromatic rings. The first-order chi connectivity index (χ1) is 14.8. The third kappa shape index (κ3) is 5.69. The lowest BCUT2D eigenvalue weighted by Gasteiger charge is -2.24. The van der Waals surface area contributed by atoms with Crippen LogP contribution in [0, 0.1) is 12.7 Å². The second kappa shape index (κ2) is 10.0. The number of anilines is 2. The number of para-hydroxylation sites is 1. The highest BCUT2D eigenvalue weighted by Gasteiger charge is 2.29. The van der Waals surface area contributed by atoms with Crippen molar-refractivity contribution in [1.82, 2.24) is 10.2 Å². The molecule has 0 aliphatic rings. The number of aryl methyl sites for hydroxylation is 1. The van der Waals surface area contributed by atoms with E-state index in [4.69, 9.17) is 0 Å². The molecule has 0 radical (unpaired) electrons. The lowest BCUT2D eigenvalue weighted by atomic mass is 10.2. The predicted octanol–water partition coefficient (Wildman–Crippen LogP) is 4.10. The summed E-state index contributed by atoms with van der Waals surface area (Å²) < 4.78 is 42.4. The van der Waals surface area contributed by atoms with Crippen LogP contribution in [0.1, 0.15) is 5.56 Å². The number of carbonyl (C=O) groups is 1. The van der Waals surface area contributed by atoms with Crippen molar-refractivity contribution in [2.75, 3.05) is 21.9 Å². The Kier molecular flexibility index (Phi) is 7.42. The van der Waals surface area contributed by atoms with Crippen LogP contribution >= 0.6 is 23.1 Å². The van der Waals surface area contributed by atoms with Gasteiger partial charge in [0.15, 0.2) is 4.34 Å². The van der Waals surface area contributed by atoms with E-state index in [1.165, 1.54) is 42.1 Å². The molecule has 0 aliphatic carbocycles. The molecule has 0 saturated carbocycles. The zero-order valence-corrected chi connectivity index (χ0v) is 18.9. The molecule has 31 heavy (non-hydrogen) atoms. The maximum atomic E-state index is 14.5.